The van der Waals surface area contributed by atoms with E-state index < -0.39 is 5.97 Å². The van der Waals surface area contributed by atoms with Crippen LogP contribution in [0.15, 0.2) is 0 Å². The van der Waals surface area contributed by atoms with Gasteiger partial charge in [0.1, 0.15) is 5.00 Å². The molecule has 3 N–H and O–H groups in total. The molecule has 0 aromatic carbocycles. The van der Waals surface area contributed by atoms with Crippen LogP contribution in [0.2, 0.25) is 0 Å². The fourth-order valence-electron chi connectivity index (χ4n) is 3.76. The summed E-state index contributed by atoms with van der Waals surface area (Å²) in [6, 6.07) is 0.244. The smallest absolute Gasteiger partial charge is 0.303 e. The first kappa shape index (κ1) is 20.8. The van der Waals surface area contributed by atoms with Crippen molar-refractivity contribution in [2.24, 2.45) is 11.3 Å². The van der Waals surface area contributed by atoms with Crippen LogP contribution in [0.1, 0.15) is 80.1 Å². The van der Waals surface area contributed by atoms with E-state index in [0.29, 0.717) is 16.5 Å². The first-order valence-corrected chi connectivity index (χ1v) is 11.0. The van der Waals surface area contributed by atoms with Gasteiger partial charge < -0.3 is 15.7 Å². The van der Waals surface area contributed by atoms with Gasteiger partial charge in [0.2, 0.25) is 5.91 Å². The Morgan fingerprint density at radius 1 is 1.18 bits per heavy atom. The number of hydrogen-bond donors (Lipinski definition) is 3. The molecule has 28 heavy (non-hydrogen) atoms. The molecule has 0 saturated heterocycles. The molecule has 1 heterocycles. The second kappa shape index (κ2) is 8.23. The number of carboxylic acids is 1. The number of fused-ring (bicyclic) bond motifs is 1. The van der Waals surface area contributed by atoms with Crippen LogP contribution in [0.3, 0.4) is 0 Å². The summed E-state index contributed by atoms with van der Waals surface area (Å²) in [6.07, 6.45) is 5.62. The minimum atomic E-state index is -1.00. The lowest BCUT2D eigenvalue weighted by atomic mass is 9.69. The molecule has 1 saturated carbocycles. The van der Waals surface area contributed by atoms with Crippen LogP contribution in [0, 0.1) is 11.3 Å². The third kappa shape index (κ3) is 4.74. The van der Waals surface area contributed by atoms with Crippen LogP contribution in [-0.2, 0) is 22.4 Å². The van der Waals surface area contributed by atoms with Gasteiger partial charge >= 0.3 is 5.97 Å². The Morgan fingerprint density at radius 3 is 2.50 bits per heavy atom. The fourth-order valence-corrected chi connectivity index (χ4v) is 5.11. The van der Waals surface area contributed by atoms with Crippen molar-refractivity contribution in [3.63, 3.8) is 0 Å². The first-order chi connectivity index (χ1) is 13.2. The van der Waals surface area contributed by atoms with E-state index in [0.717, 1.165) is 44.1 Å². The second-order valence-corrected chi connectivity index (χ2v) is 9.78. The van der Waals surface area contributed by atoms with Crippen LogP contribution in [0.5, 0.6) is 0 Å². The molecule has 3 rings (SSSR count). The molecule has 1 aromatic heterocycles. The molecule has 6 nitrogen and oxygen atoms in total. The van der Waals surface area contributed by atoms with Gasteiger partial charge in [-0.2, -0.15) is 0 Å². The Labute approximate surface area is 170 Å². The summed E-state index contributed by atoms with van der Waals surface area (Å²) in [4.78, 5) is 37.0. The summed E-state index contributed by atoms with van der Waals surface area (Å²) in [6.45, 7) is 6.81. The molecule has 2 amide bonds. The maximum Gasteiger partial charge on any atom is 0.303 e. The van der Waals surface area contributed by atoms with Crippen molar-refractivity contribution in [2.75, 3.05) is 5.32 Å². The van der Waals surface area contributed by atoms with Gasteiger partial charge in [-0.15, -0.1) is 11.3 Å². The zero-order valence-electron chi connectivity index (χ0n) is 16.9. The van der Waals surface area contributed by atoms with E-state index in [4.69, 9.17) is 5.11 Å². The van der Waals surface area contributed by atoms with Crippen LogP contribution in [0.25, 0.3) is 0 Å². The van der Waals surface area contributed by atoms with E-state index in [1.165, 1.54) is 16.2 Å². The molecule has 1 atom stereocenters. The van der Waals surface area contributed by atoms with E-state index >= 15 is 0 Å². The molecular formula is C21H30N2O4S. The van der Waals surface area contributed by atoms with Crippen LogP contribution in [-0.4, -0.2) is 28.9 Å². The first-order valence-electron chi connectivity index (χ1n) is 10.2. The molecule has 1 aromatic rings. The molecule has 0 spiro atoms. The lowest BCUT2D eigenvalue weighted by Crippen LogP contribution is -2.30. The van der Waals surface area contributed by atoms with Gasteiger partial charge in [0, 0.05) is 17.3 Å². The van der Waals surface area contributed by atoms with Crippen molar-refractivity contribution < 1.29 is 19.5 Å². The number of carbonyl (C=O) groups excluding carboxylic acids is 2. The number of aliphatic carboxylic acids is 1. The highest BCUT2D eigenvalue weighted by atomic mass is 32.1. The number of carbonyl (C=O) groups is 3. The average molecular weight is 407 g/mol. The lowest BCUT2D eigenvalue weighted by Gasteiger charge is -2.36. The van der Waals surface area contributed by atoms with Gasteiger partial charge in [-0.1, -0.05) is 27.2 Å². The molecule has 0 radical (unpaired) electrons. The third-order valence-electron chi connectivity index (χ3n) is 6.24. The molecular weight excluding hydrogens is 376 g/mol. The molecule has 2 aliphatic rings. The largest absolute Gasteiger partial charge is 0.481 e. The Bertz CT molecular complexity index is 780. The number of thiophene rings is 1. The fraction of sp³-hybridized carbons (Fsp3) is 0.667. The number of hydrogen-bond acceptors (Lipinski definition) is 4. The normalized spacial score (nSPS) is 19.0. The van der Waals surface area contributed by atoms with Gasteiger partial charge in [0.25, 0.3) is 5.91 Å². The van der Waals surface area contributed by atoms with Gasteiger partial charge in [-0.05, 0) is 49.0 Å². The second-order valence-electron chi connectivity index (χ2n) is 8.68. The van der Waals surface area contributed by atoms with E-state index in [1.807, 2.05) is 0 Å². The van der Waals surface area contributed by atoms with E-state index in [-0.39, 0.29) is 36.1 Å². The third-order valence-corrected chi connectivity index (χ3v) is 7.41. The molecule has 2 aliphatic carbocycles. The Balaban J connectivity index is 1.85. The molecule has 0 aliphatic heterocycles. The number of nitrogens with one attached hydrogen (secondary N) is 2. The van der Waals surface area contributed by atoms with Crippen LogP contribution < -0.4 is 10.6 Å². The summed E-state index contributed by atoms with van der Waals surface area (Å²) in [5, 5.41) is 15.2. The van der Waals surface area contributed by atoms with E-state index in [2.05, 4.69) is 31.4 Å². The van der Waals surface area contributed by atoms with Crippen molar-refractivity contribution in [1.29, 1.82) is 0 Å². The minimum Gasteiger partial charge on any atom is -0.481 e. The Morgan fingerprint density at radius 2 is 1.89 bits per heavy atom. The zero-order valence-corrected chi connectivity index (χ0v) is 17.7. The van der Waals surface area contributed by atoms with Crippen molar-refractivity contribution in [2.45, 2.75) is 78.2 Å². The number of anilines is 1. The maximum absolute atomic E-state index is 12.9. The maximum atomic E-state index is 12.9. The van der Waals surface area contributed by atoms with Crippen molar-refractivity contribution in [3.8, 4) is 0 Å². The van der Waals surface area contributed by atoms with Gasteiger partial charge in [-0.25, -0.2) is 0 Å². The van der Waals surface area contributed by atoms with Crippen molar-refractivity contribution in [3.05, 3.63) is 16.0 Å². The van der Waals surface area contributed by atoms with Crippen LogP contribution >= 0.6 is 11.3 Å². The predicted molar refractivity (Wildman–Crippen MR) is 110 cm³/mol. The quantitative estimate of drug-likeness (QED) is 0.608. The monoisotopic (exact) mass is 406 g/mol. The van der Waals surface area contributed by atoms with Gasteiger partial charge in [-0.3, -0.25) is 14.4 Å². The molecule has 7 heteroatoms. The SMILES string of the molecule is CCC(C)(C)[C@@H]1CCc2c(sc(NC(=O)CCC(=O)O)c2C(=O)NC2CC2)C1. The zero-order chi connectivity index (χ0) is 20.5. The minimum absolute atomic E-state index is 0.0902. The Kier molecular flexibility index (Phi) is 6.12. The number of carboxylic acid groups (broad SMARTS) is 1. The highest BCUT2D eigenvalue weighted by molar-refractivity contribution is 7.17. The highest BCUT2D eigenvalue weighted by Crippen LogP contribution is 2.45. The van der Waals surface area contributed by atoms with Crippen molar-refractivity contribution >= 4 is 34.1 Å². The van der Waals surface area contributed by atoms with Crippen LogP contribution in [0.4, 0.5) is 5.00 Å². The molecule has 0 unspecified atom stereocenters. The average Bonchev–Trinajstić information content (AvgIpc) is 3.37. The summed E-state index contributed by atoms with van der Waals surface area (Å²) >= 11 is 1.49. The van der Waals surface area contributed by atoms with Gasteiger partial charge in [0.15, 0.2) is 0 Å². The molecule has 1 fully saturated rings. The van der Waals surface area contributed by atoms with Crippen molar-refractivity contribution in [1.82, 2.24) is 5.32 Å². The topological polar surface area (TPSA) is 95.5 Å². The molecule has 0 bridgehead atoms. The highest BCUT2D eigenvalue weighted by Gasteiger charge is 2.36. The number of amides is 2. The summed E-state index contributed by atoms with van der Waals surface area (Å²) in [5.74, 6) is -0.913. The summed E-state index contributed by atoms with van der Waals surface area (Å²) < 4.78 is 0. The standard InChI is InChI=1S/C21H30N2O4S/c1-4-21(2,3)12-5-8-14-15(11-12)28-20(23-16(24)9-10-17(25)26)18(14)19(27)22-13-6-7-13/h12-13H,4-11H2,1-3H3,(H,22,27)(H,23,24)(H,25,26)/t12-/m1/s1. The summed E-state index contributed by atoms with van der Waals surface area (Å²) in [7, 11) is 0. The molecule has 154 valence electrons. The summed E-state index contributed by atoms with van der Waals surface area (Å²) in [5.41, 5.74) is 1.91. The Hall–Kier alpha value is -1.89. The lowest BCUT2D eigenvalue weighted by molar-refractivity contribution is -0.138. The van der Waals surface area contributed by atoms with E-state index in [9.17, 15) is 14.4 Å². The predicted octanol–water partition coefficient (Wildman–Crippen LogP) is 3.98. The van der Waals surface area contributed by atoms with Gasteiger partial charge in [0.05, 0.1) is 12.0 Å². The van der Waals surface area contributed by atoms with E-state index in [1.54, 1.807) is 0 Å². The number of rotatable bonds is 8.